The number of likely N-dealkylation sites (tertiary alicyclic amines) is 1. The Morgan fingerprint density at radius 2 is 2.00 bits per heavy atom. The summed E-state index contributed by atoms with van der Waals surface area (Å²) in [5.41, 5.74) is 1.48. The van der Waals surface area contributed by atoms with Gasteiger partial charge in [-0.25, -0.2) is 0 Å². The molecule has 110 valence electrons. The fourth-order valence-electron chi connectivity index (χ4n) is 3.41. The lowest BCUT2D eigenvalue weighted by molar-refractivity contribution is 0.119. The largest absolute Gasteiger partial charge is 0.312 e. The van der Waals surface area contributed by atoms with E-state index in [0.29, 0.717) is 6.04 Å². The van der Waals surface area contributed by atoms with Crippen LogP contribution in [-0.2, 0) is 0 Å². The molecule has 2 heteroatoms. The molecule has 1 aromatic rings. The molecule has 2 nitrogen and oxygen atoms in total. The third kappa shape index (κ3) is 3.62. The zero-order valence-electron chi connectivity index (χ0n) is 12.7. The molecule has 3 rings (SSSR count). The van der Waals surface area contributed by atoms with Crippen molar-refractivity contribution >= 4 is 0 Å². The van der Waals surface area contributed by atoms with Crippen LogP contribution in [0.3, 0.4) is 0 Å². The number of hydrogen-bond donors (Lipinski definition) is 1. The van der Waals surface area contributed by atoms with Gasteiger partial charge in [0, 0.05) is 25.2 Å². The first-order valence-corrected chi connectivity index (χ1v) is 8.39. The van der Waals surface area contributed by atoms with E-state index in [1.807, 2.05) is 0 Å². The van der Waals surface area contributed by atoms with Gasteiger partial charge in [0.25, 0.3) is 0 Å². The van der Waals surface area contributed by atoms with Crippen LogP contribution in [-0.4, -0.2) is 30.6 Å². The van der Waals surface area contributed by atoms with E-state index in [0.717, 1.165) is 18.5 Å². The molecule has 2 unspecified atom stereocenters. The topological polar surface area (TPSA) is 15.3 Å². The molecule has 1 saturated heterocycles. The van der Waals surface area contributed by atoms with E-state index in [9.17, 15) is 0 Å². The Morgan fingerprint density at radius 1 is 1.20 bits per heavy atom. The highest BCUT2D eigenvalue weighted by molar-refractivity contribution is 5.20. The summed E-state index contributed by atoms with van der Waals surface area (Å²) in [5, 5.41) is 3.74. The van der Waals surface area contributed by atoms with Gasteiger partial charge in [0.1, 0.15) is 0 Å². The van der Waals surface area contributed by atoms with E-state index in [-0.39, 0.29) is 0 Å². The Labute approximate surface area is 123 Å². The van der Waals surface area contributed by atoms with Gasteiger partial charge in [-0.2, -0.15) is 0 Å². The minimum atomic E-state index is 0.561. The maximum atomic E-state index is 3.74. The molecule has 1 aromatic carbocycles. The van der Waals surface area contributed by atoms with Gasteiger partial charge in [-0.15, -0.1) is 0 Å². The third-order valence-corrected chi connectivity index (χ3v) is 4.93. The maximum Gasteiger partial charge on any atom is 0.0472 e. The molecule has 1 N–H and O–H groups in total. The van der Waals surface area contributed by atoms with Crippen LogP contribution in [0.5, 0.6) is 0 Å². The predicted molar refractivity (Wildman–Crippen MR) is 84.8 cm³/mol. The van der Waals surface area contributed by atoms with Crippen molar-refractivity contribution in [2.75, 3.05) is 19.6 Å². The Kier molecular flexibility index (Phi) is 4.74. The van der Waals surface area contributed by atoms with Crippen LogP contribution in [0.1, 0.15) is 50.6 Å². The van der Waals surface area contributed by atoms with Crippen LogP contribution in [0, 0.1) is 5.92 Å². The lowest BCUT2D eigenvalue weighted by Crippen LogP contribution is -2.42. The molecule has 0 radical (unpaired) electrons. The second kappa shape index (κ2) is 6.73. The summed E-state index contributed by atoms with van der Waals surface area (Å²) in [4.78, 5) is 2.72. The van der Waals surface area contributed by atoms with Crippen molar-refractivity contribution in [3.05, 3.63) is 35.9 Å². The number of nitrogens with one attached hydrogen (secondary N) is 1. The Balaban J connectivity index is 1.69. The summed E-state index contributed by atoms with van der Waals surface area (Å²) in [7, 11) is 0. The average molecular weight is 272 g/mol. The first kappa shape index (κ1) is 14.1. The van der Waals surface area contributed by atoms with E-state index in [4.69, 9.17) is 0 Å². The highest BCUT2D eigenvalue weighted by atomic mass is 15.2. The fraction of sp³-hybridized carbons (Fsp3) is 0.667. The van der Waals surface area contributed by atoms with E-state index in [1.54, 1.807) is 0 Å². The number of piperidine rings is 1. The minimum Gasteiger partial charge on any atom is -0.312 e. The van der Waals surface area contributed by atoms with Crippen LogP contribution in [0.4, 0.5) is 0 Å². The smallest absolute Gasteiger partial charge is 0.0472 e. The summed E-state index contributed by atoms with van der Waals surface area (Å²) in [6.07, 6.45) is 6.86. The van der Waals surface area contributed by atoms with Gasteiger partial charge >= 0.3 is 0 Å². The van der Waals surface area contributed by atoms with Gasteiger partial charge in [0.15, 0.2) is 0 Å². The quantitative estimate of drug-likeness (QED) is 0.851. The molecular formula is C18H28N2. The van der Waals surface area contributed by atoms with Gasteiger partial charge in [-0.3, -0.25) is 4.90 Å². The zero-order valence-corrected chi connectivity index (χ0v) is 12.7. The fourth-order valence-corrected chi connectivity index (χ4v) is 3.41. The van der Waals surface area contributed by atoms with Gasteiger partial charge in [0.2, 0.25) is 0 Å². The summed E-state index contributed by atoms with van der Waals surface area (Å²) < 4.78 is 0. The van der Waals surface area contributed by atoms with Crippen LogP contribution in [0.25, 0.3) is 0 Å². The van der Waals surface area contributed by atoms with Crippen LogP contribution >= 0.6 is 0 Å². The summed E-state index contributed by atoms with van der Waals surface area (Å²) in [5.74, 6) is 0.899. The molecule has 0 spiro atoms. The molecule has 2 aliphatic rings. The van der Waals surface area contributed by atoms with Gasteiger partial charge in [-0.05, 0) is 43.7 Å². The molecule has 1 heterocycles. The number of nitrogens with zero attached hydrogens (tertiary/aromatic N) is 1. The normalized spacial score (nSPS) is 25.6. The molecule has 0 amide bonds. The molecule has 20 heavy (non-hydrogen) atoms. The first-order chi connectivity index (χ1) is 9.86. The predicted octanol–water partition coefficient (Wildman–Crippen LogP) is 3.60. The molecule has 0 bridgehead atoms. The van der Waals surface area contributed by atoms with Gasteiger partial charge in [0.05, 0.1) is 0 Å². The zero-order chi connectivity index (χ0) is 13.8. The van der Waals surface area contributed by atoms with E-state index >= 15 is 0 Å². The Hall–Kier alpha value is -0.860. The lowest BCUT2D eigenvalue weighted by atomic mass is 9.93. The Morgan fingerprint density at radius 3 is 2.70 bits per heavy atom. The van der Waals surface area contributed by atoms with Crippen molar-refractivity contribution in [3.63, 3.8) is 0 Å². The van der Waals surface area contributed by atoms with Crippen molar-refractivity contribution in [3.8, 4) is 0 Å². The molecular weight excluding hydrogens is 244 g/mol. The number of benzene rings is 1. The molecule has 2 fully saturated rings. The average Bonchev–Trinajstić information content (AvgIpc) is 3.33. The third-order valence-electron chi connectivity index (χ3n) is 4.93. The van der Waals surface area contributed by atoms with E-state index in [2.05, 4.69) is 47.5 Å². The van der Waals surface area contributed by atoms with Crippen molar-refractivity contribution in [2.24, 2.45) is 5.92 Å². The summed E-state index contributed by atoms with van der Waals surface area (Å²) >= 11 is 0. The minimum absolute atomic E-state index is 0.561. The second-order valence-corrected chi connectivity index (χ2v) is 6.52. The summed E-state index contributed by atoms with van der Waals surface area (Å²) in [6.45, 7) is 6.00. The van der Waals surface area contributed by atoms with Crippen molar-refractivity contribution in [1.82, 2.24) is 10.2 Å². The number of rotatable bonds is 6. The maximum absolute atomic E-state index is 3.74. The van der Waals surface area contributed by atoms with Crippen LogP contribution in [0.15, 0.2) is 30.3 Å². The monoisotopic (exact) mass is 272 g/mol. The van der Waals surface area contributed by atoms with Crippen molar-refractivity contribution in [1.29, 1.82) is 0 Å². The number of hydrogen-bond acceptors (Lipinski definition) is 2. The molecule has 1 aliphatic carbocycles. The lowest BCUT2D eigenvalue weighted by Gasteiger charge is -2.38. The van der Waals surface area contributed by atoms with Gasteiger partial charge < -0.3 is 5.32 Å². The summed E-state index contributed by atoms with van der Waals surface area (Å²) in [6, 6.07) is 12.4. The highest BCUT2D eigenvalue weighted by Gasteiger charge is 2.28. The van der Waals surface area contributed by atoms with E-state index < -0.39 is 0 Å². The van der Waals surface area contributed by atoms with Crippen LogP contribution < -0.4 is 5.32 Å². The van der Waals surface area contributed by atoms with Crippen LogP contribution in [0.2, 0.25) is 0 Å². The van der Waals surface area contributed by atoms with Crippen molar-refractivity contribution in [2.45, 2.75) is 51.1 Å². The van der Waals surface area contributed by atoms with E-state index in [1.165, 1.54) is 50.8 Å². The van der Waals surface area contributed by atoms with Gasteiger partial charge in [-0.1, -0.05) is 43.7 Å². The molecule has 2 atom stereocenters. The highest BCUT2D eigenvalue weighted by Crippen LogP contribution is 2.29. The molecule has 0 aromatic heterocycles. The first-order valence-electron chi connectivity index (χ1n) is 8.39. The molecule has 1 aliphatic heterocycles. The standard InChI is InChI=1S/C18H28N2/c1-2-15-7-6-12-20(14-15)18(13-19-17-10-11-17)16-8-4-3-5-9-16/h3-5,8-9,15,17-19H,2,6-7,10-14H2,1H3. The molecule has 1 saturated carbocycles. The Bertz CT molecular complexity index is 399. The van der Waals surface area contributed by atoms with Crippen molar-refractivity contribution < 1.29 is 0 Å². The SMILES string of the molecule is CCC1CCCN(C(CNC2CC2)c2ccccc2)C1. The second-order valence-electron chi connectivity index (χ2n) is 6.52.